The van der Waals surface area contributed by atoms with E-state index in [9.17, 15) is 45.9 Å². The fourth-order valence-electron chi connectivity index (χ4n) is 4.12. The number of hydrogen-bond donors (Lipinski definition) is 5. The second kappa shape index (κ2) is 17.1. The molecule has 4 aromatic rings. The molecule has 1 saturated carbocycles. The number of nitro benzene ring substituents is 1. The summed E-state index contributed by atoms with van der Waals surface area (Å²) < 4.78 is 82.8. The van der Waals surface area contributed by atoms with Gasteiger partial charge in [0.05, 0.1) is 40.0 Å². The Bertz CT molecular complexity index is 2090. The van der Waals surface area contributed by atoms with Crippen molar-refractivity contribution in [1.29, 1.82) is 0 Å². The van der Waals surface area contributed by atoms with E-state index in [2.05, 4.69) is 10.5 Å². The average Bonchev–Trinajstić information content (AvgIpc) is 3.77. The van der Waals surface area contributed by atoms with E-state index < -0.39 is 63.6 Å². The summed E-state index contributed by atoms with van der Waals surface area (Å²) in [5, 5.41) is 24.3. The first kappa shape index (κ1) is 41.6. The summed E-state index contributed by atoms with van der Waals surface area (Å²) in [5.74, 6) is -0.610. The van der Waals surface area contributed by atoms with E-state index in [1.54, 1.807) is 24.3 Å². The number of aliphatic carboxylic acids is 1. The number of ether oxygens (including phenoxy) is 1. The summed E-state index contributed by atoms with van der Waals surface area (Å²) in [6.07, 6.45) is -1.74. The van der Waals surface area contributed by atoms with Crippen LogP contribution in [0.25, 0.3) is 0 Å². The number of nitrogens with zero attached hydrogens (tertiary/aromatic N) is 2. The van der Waals surface area contributed by atoms with Crippen molar-refractivity contribution in [3.63, 3.8) is 0 Å². The molecule has 1 aromatic heterocycles. The number of carboxylic acids is 1. The Morgan fingerprint density at radius 1 is 1.13 bits per heavy atom. The first-order valence-electron chi connectivity index (χ1n) is 14.4. The lowest BCUT2D eigenvalue weighted by molar-refractivity contribution is -0.383. The van der Waals surface area contributed by atoms with Gasteiger partial charge in [-0.05, 0) is 49.2 Å². The van der Waals surface area contributed by atoms with Crippen LogP contribution in [0.4, 0.5) is 24.5 Å². The van der Waals surface area contributed by atoms with Gasteiger partial charge in [0.2, 0.25) is 0 Å². The molecule has 0 aliphatic heterocycles. The van der Waals surface area contributed by atoms with E-state index in [4.69, 9.17) is 41.5 Å². The number of alkyl halides is 3. The molecule has 52 heavy (non-hydrogen) atoms. The Kier molecular flexibility index (Phi) is 13.7. The zero-order chi connectivity index (χ0) is 39.0. The number of nitrogens with one attached hydrogen (secondary N) is 1. The van der Waals surface area contributed by atoms with E-state index in [1.165, 1.54) is 18.3 Å². The summed E-state index contributed by atoms with van der Waals surface area (Å²) >= 11 is 5.94. The number of nitrogens with two attached hydrogens (primary N) is 1. The van der Waals surface area contributed by atoms with Crippen molar-refractivity contribution in [3.05, 3.63) is 104 Å². The Morgan fingerprint density at radius 3 is 2.29 bits per heavy atom. The molecule has 1 heterocycles. The fraction of sp³-hybridized carbons (Fsp3) is 0.233. The van der Waals surface area contributed by atoms with Crippen LogP contribution in [0.3, 0.4) is 0 Å². The normalized spacial score (nSPS) is 12.8. The lowest BCUT2D eigenvalue weighted by Gasteiger charge is -2.11. The van der Waals surface area contributed by atoms with Gasteiger partial charge in [-0.25, -0.2) is 8.42 Å². The summed E-state index contributed by atoms with van der Waals surface area (Å²) in [6, 6.07) is 13.7. The second-order valence-electron chi connectivity index (χ2n) is 10.8. The predicted molar refractivity (Wildman–Crippen MR) is 178 cm³/mol. The lowest BCUT2D eigenvalue weighted by Crippen LogP contribution is -2.23. The number of sulfone groups is 1. The third-order valence-corrected chi connectivity index (χ3v) is 8.79. The van der Waals surface area contributed by atoms with Crippen molar-refractivity contribution in [2.24, 2.45) is 0 Å². The van der Waals surface area contributed by atoms with E-state index in [0.29, 0.717) is 23.6 Å². The molecule has 0 atom stereocenters. The number of nitrogen functional groups attached to an aromatic ring is 1. The number of benzene rings is 3. The largest absolute Gasteiger partial charge is 0.480 e. The van der Waals surface area contributed by atoms with Gasteiger partial charge in [0.1, 0.15) is 22.2 Å². The second-order valence-corrected chi connectivity index (χ2v) is 14.8. The average molecular weight is 793 g/mol. The van der Waals surface area contributed by atoms with Gasteiger partial charge < -0.3 is 29.9 Å². The van der Waals surface area contributed by atoms with Crippen LogP contribution in [0.1, 0.15) is 46.0 Å². The molecule has 16 nitrogen and oxygen atoms in total. The van der Waals surface area contributed by atoms with Gasteiger partial charge in [-0.15, -0.1) is 0 Å². The molecule has 280 valence electrons. The van der Waals surface area contributed by atoms with Crippen molar-refractivity contribution in [1.82, 2.24) is 10.5 Å². The van der Waals surface area contributed by atoms with Gasteiger partial charge in [0.15, 0.2) is 21.4 Å². The van der Waals surface area contributed by atoms with Crippen molar-refractivity contribution >= 4 is 52.2 Å². The van der Waals surface area contributed by atoms with E-state index in [-0.39, 0.29) is 39.2 Å². The standard InChI is InChI=1S/C15H12F3NO4S.C12H9ClN2O3.C3H8NO5P/c1-24(21,22)12-6-9(15(16,17)18)4-5-10(12)13(20)11-7-19-23-14(11)8-2-3-8;13-11-10(18-8-4-2-1-3-5-8)7-6-9(12(11)14)15(16)17;5-3(6)1-4-2-10(7,8)9/h4-8H,2-3H2,1H3;1-7H,14H2;4H,1-2H2,(H,5,6)(H2,7,8,9). The lowest BCUT2D eigenvalue weighted by atomic mass is 10.0. The van der Waals surface area contributed by atoms with Gasteiger partial charge in [0, 0.05) is 23.8 Å². The van der Waals surface area contributed by atoms with Crippen molar-refractivity contribution in [3.8, 4) is 11.5 Å². The van der Waals surface area contributed by atoms with Gasteiger partial charge in [-0.1, -0.05) is 35.0 Å². The molecule has 6 N–H and O–H groups in total. The monoisotopic (exact) mass is 792 g/mol. The Morgan fingerprint density at radius 2 is 1.77 bits per heavy atom. The molecular weight excluding hydrogens is 764 g/mol. The molecular formula is C30H29ClF3N4O12PS. The minimum atomic E-state index is -4.71. The predicted octanol–water partition coefficient (Wildman–Crippen LogP) is 5.62. The number of halogens is 4. The number of carbonyl (C=O) groups is 2. The third kappa shape index (κ3) is 12.1. The molecule has 3 aromatic carbocycles. The molecule has 5 rings (SSSR count). The Hall–Kier alpha value is -4.85. The van der Waals surface area contributed by atoms with Gasteiger partial charge in [0.25, 0.3) is 5.69 Å². The minimum Gasteiger partial charge on any atom is -0.480 e. The van der Waals surface area contributed by atoms with E-state index in [0.717, 1.165) is 25.2 Å². The highest BCUT2D eigenvalue weighted by Gasteiger charge is 2.36. The van der Waals surface area contributed by atoms with Crippen LogP contribution in [0.15, 0.2) is 76.3 Å². The molecule has 22 heteroatoms. The maximum Gasteiger partial charge on any atom is 0.416 e. The summed E-state index contributed by atoms with van der Waals surface area (Å²) in [4.78, 5) is 48.2. The van der Waals surface area contributed by atoms with Crippen molar-refractivity contribution in [2.75, 3.05) is 24.8 Å². The smallest absolute Gasteiger partial charge is 0.416 e. The number of nitro groups is 1. The van der Waals surface area contributed by atoms with Gasteiger partial charge in [-0.2, -0.15) is 13.2 Å². The number of ketones is 1. The number of hydrogen-bond acceptors (Lipinski definition) is 12. The zero-order valence-corrected chi connectivity index (χ0v) is 29.1. The van der Waals surface area contributed by atoms with Crippen LogP contribution in [0.2, 0.25) is 5.02 Å². The van der Waals surface area contributed by atoms with Crippen LogP contribution >= 0.6 is 19.2 Å². The van der Waals surface area contributed by atoms with Crippen LogP contribution in [0.5, 0.6) is 11.5 Å². The molecule has 0 bridgehead atoms. The van der Waals surface area contributed by atoms with Crippen molar-refractivity contribution < 1.29 is 64.8 Å². The van der Waals surface area contributed by atoms with Crippen LogP contribution in [-0.4, -0.2) is 64.2 Å². The molecule has 1 aliphatic carbocycles. The quantitative estimate of drug-likeness (QED) is 0.0405. The third-order valence-electron chi connectivity index (χ3n) is 6.63. The van der Waals surface area contributed by atoms with Gasteiger partial charge in [-0.3, -0.25) is 29.6 Å². The number of aromatic nitrogens is 1. The summed E-state index contributed by atoms with van der Waals surface area (Å²) in [7, 11) is -8.14. The first-order chi connectivity index (χ1) is 24.1. The zero-order valence-electron chi connectivity index (χ0n) is 26.6. The van der Waals surface area contributed by atoms with Crippen LogP contribution in [0, 0.1) is 10.1 Å². The Balaban J connectivity index is 0.000000230. The number of para-hydroxylation sites is 1. The minimum absolute atomic E-state index is 0.0352. The fourth-order valence-corrected chi connectivity index (χ4v) is 5.62. The molecule has 0 amide bonds. The topological polar surface area (TPSA) is 262 Å². The van der Waals surface area contributed by atoms with Crippen LogP contribution < -0.4 is 15.8 Å². The van der Waals surface area contributed by atoms with Gasteiger partial charge >= 0.3 is 19.7 Å². The molecule has 0 spiro atoms. The number of rotatable bonds is 11. The number of carbonyl (C=O) groups excluding carboxylic acids is 1. The SMILES string of the molecule is CS(=O)(=O)c1cc(C(F)(F)F)ccc1C(=O)c1cnoc1C1CC1.Nc1c([N+](=O)[O-])ccc(Oc2ccccc2)c1Cl.O=C(O)CNCP(=O)(O)O. The molecule has 0 unspecified atom stereocenters. The van der Waals surface area contributed by atoms with Crippen molar-refractivity contribution in [2.45, 2.75) is 29.8 Å². The molecule has 0 radical (unpaired) electrons. The van der Waals surface area contributed by atoms with E-state index in [1.807, 2.05) is 6.07 Å². The first-order valence-corrected chi connectivity index (χ1v) is 18.5. The highest BCUT2D eigenvalue weighted by atomic mass is 35.5. The maximum atomic E-state index is 12.8. The molecule has 1 fully saturated rings. The van der Waals surface area contributed by atoms with E-state index >= 15 is 0 Å². The van der Waals surface area contributed by atoms with Crippen LogP contribution in [-0.2, 0) is 25.4 Å². The summed E-state index contributed by atoms with van der Waals surface area (Å²) in [6.45, 7) is -0.439. The molecule has 1 aliphatic rings. The Labute approximate surface area is 297 Å². The maximum absolute atomic E-state index is 12.8. The molecule has 0 saturated heterocycles. The highest BCUT2D eigenvalue weighted by Crippen LogP contribution is 2.43. The number of carboxylic acid groups (broad SMARTS) is 1. The summed E-state index contributed by atoms with van der Waals surface area (Å²) in [5.41, 5.74) is 3.88. The number of anilines is 1. The highest BCUT2D eigenvalue weighted by molar-refractivity contribution is 7.90.